The fraction of sp³-hybridized carbons (Fsp3) is 0.417. The highest BCUT2D eigenvalue weighted by atomic mass is 16.1. The summed E-state index contributed by atoms with van der Waals surface area (Å²) in [5.41, 5.74) is 1.36. The molecule has 1 saturated heterocycles. The molecule has 1 unspecified atom stereocenters. The molecule has 0 amide bonds. The monoisotopic (exact) mass is 230 g/mol. The third-order valence-corrected chi connectivity index (χ3v) is 3.28. The van der Waals surface area contributed by atoms with E-state index in [0.717, 1.165) is 43.7 Å². The first-order valence-electron chi connectivity index (χ1n) is 5.87. The number of pyridine rings is 1. The molecule has 1 atom stereocenters. The average molecular weight is 230 g/mol. The minimum absolute atomic E-state index is 0.599. The molecule has 0 saturated carbocycles. The Labute approximate surface area is 98.9 Å². The number of fused-ring (bicyclic) bond motifs is 1. The molecular formula is C12H14N4O. The van der Waals surface area contributed by atoms with Gasteiger partial charge in [0.25, 0.3) is 0 Å². The number of rotatable bonds is 3. The van der Waals surface area contributed by atoms with Crippen molar-refractivity contribution >= 4 is 11.9 Å². The summed E-state index contributed by atoms with van der Waals surface area (Å²) in [6.07, 6.45) is 2.89. The van der Waals surface area contributed by atoms with Gasteiger partial charge in [-0.1, -0.05) is 6.07 Å². The molecule has 5 heteroatoms. The van der Waals surface area contributed by atoms with Gasteiger partial charge < -0.3 is 5.32 Å². The maximum atomic E-state index is 11.0. The van der Waals surface area contributed by atoms with E-state index >= 15 is 0 Å². The standard InChI is InChI=1S/C12H14N4O/c17-8-10-2-1-3-11-14-15-12(16(10)11)6-9-4-5-13-7-9/h1-3,8-9,13H,4-7H2. The fourth-order valence-corrected chi connectivity index (χ4v) is 2.40. The van der Waals surface area contributed by atoms with Crippen LogP contribution in [-0.2, 0) is 6.42 Å². The van der Waals surface area contributed by atoms with Gasteiger partial charge in [0.1, 0.15) is 5.82 Å². The maximum absolute atomic E-state index is 11.0. The number of carbonyl (C=O) groups is 1. The fourth-order valence-electron chi connectivity index (χ4n) is 2.40. The summed E-state index contributed by atoms with van der Waals surface area (Å²) >= 11 is 0. The van der Waals surface area contributed by atoms with Crippen LogP contribution in [0.25, 0.3) is 5.65 Å². The van der Waals surface area contributed by atoms with E-state index in [4.69, 9.17) is 0 Å². The summed E-state index contributed by atoms with van der Waals surface area (Å²) in [4.78, 5) is 11.0. The molecule has 1 fully saturated rings. The van der Waals surface area contributed by atoms with Gasteiger partial charge in [0, 0.05) is 6.42 Å². The Morgan fingerprint density at radius 2 is 2.41 bits per heavy atom. The molecule has 0 aliphatic carbocycles. The van der Waals surface area contributed by atoms with Crippen LogP contribution in [0.5, 0.6) is 0 Å². The highest BCUT2D eigenvalue weighted by molar-refractivity contribution is 5.73. The molecule has 3 heterocycles. The Bertz CT molecular complexity index is 542. The number of aromatic nitrogens is 3. The summed E-state index contributed by atoms with van der Waals surface area (Å²) in [5, 5.41) is 11.6. The van der Waals surface area contributed by atoms with Crippen LogP contribution in [0.2, 0.25) is 0 Å². The van der Waals surface area contributed by atoms with Crippen LogP contribution in [0.15, 0.2) is 18.2 Å². The van der Waals surface area contributed by atoms with E-state index in [0.29, 0.717) is 11.6 Å². The Morgan fingerprint density at radius 3 is 3.18 bits per heavy atom. The number of hydrogen-bond acceptors (Lipinski definition) is 4. The minimum Gasteiger partial charge on any atom is -0.316 e. The first-order chi connectivity index (χ1) is 8.38. The van der Waals surface area contributed by atoms with E-state index in [1.54, 1.807) is 6.07 Å². The Morgan fingerprint density at radius 1 is 1.47 bits per heavy atom. The van der Waals surface area contributed by atoms with Gasteiger partial charge >= 0.3 is 0 Å². The first-order valence-corrected chi connectivity index (χ1v) is 5.87. The van der Waals surface area contributed by atoms with Crippen molar-refractivity contribution in [3.8, 4) is 0 Å². The van der Waals surface area contributed by atoms with Gasteiger partial charge in [0.05, 0.1) is 5.69 Å². The van der Waals surface area contributed by atoms with E-state index in [1.807, 2.05) is 16.5 Å². The lowest BCUT2D eigenvalue weighted by Crippen LogP contribution is -2.13. The maximum Gasteiger partial charge on any atom is 0.166 e. The Kier molecular flexibility index (Phi) is 2.60. The molecule has 2 aromatic rings. The zero-order chi connectivity index (χ0) is 11.7. The van der Waals surface area contributed by atoms with Crippen molar-refractivity contribution in [1.82, 2.24) is 19.9 Å². The minimum atomic E-state index is 0.599. The lowest BCUT2D eigenvalue weighted by Gasteiger charge is -2.07. The number of carbonyl (C=O) groups excluding carboxylic acids is 1. The lowest BCUT2D eigenvalue weighted by molar-refractivity contribution is 0.111. The molecule has 0 aromatic carbocycles. The van der Waals surface area contributed by atoms with Gasteiger partial charge in [-0.05, 0) is 37.6 Å². The molecule has 1 aliphatic heterocycles. The second-order valence-corrected chi connectivity index (χ2v) is 4.44. The summed E-state index contributed by atoms with van der Waals surface area (Å²) < 4.78 is 1.85. The molecule has 2 aromatic heterocycles. The van der Waals surface area contributed by atoms with Gasteiger partial charge in [0.15, 0.2) is 11.9 Å². The van der Waals surface area contributed by atoms with Gasteiger partial charge in [-0.25, -0.2) is 0 Å². The van der Waals surface area contributed by atoms with Crippen LogP contribution in [0.3, 0.4) is 0 Å². The molecule has 0 radical (unpaired) electrons. The Balaban J connectivity index is 2.00. The molecule has 0 bridgehead atoms. The number of aldehydes is 1. The smallest absolute Gasteiger partial charge is 0.166 e. The molecule has 3 rings (SSSR count). The van der Waals surface area contributed by atoms with Crippen molar-refractivity contribution in [3.05, 3.63) is 29.7 Å². The molecule has 1 aliphatic rings. The molecule has 0 spiro atoms. The number of nitrogens with zero attached hydrogens (tertiary/aromatic N) is 3. The third-order valence-electron chi connectivity index (χ3n) is 3.28. The van der Waals surface area contributed by atoms with Crippen molar-refractivity contribution in [2.75, 3.05) is 13.1 Å². The lowest BCUT2D eigenvalue weighted by atomic mass is 10.0. The van der Waals surface area contributed by atoms with Crippen LogP contribution >= 0.6 is 0 Å². The van der Waals surface area contributed by atoms with Crippen molar-refractivity contribution < 1.29 is 4.79 Å². The second kappa shape index (κ2) is 4.25. The zero-order valence-corrected chi connectivity index (χ0v) is 9.47. The van der Waals surface area contributed by atoms with E-state index < -0.39 is 0 Å². The quantitative estimate of drug-likeness (QED) is 0.788. The Hall–Kier alpha value is -1.75. The van der Waals surface area contributed by atoms with Crippen molar-refractivity contribution in [3.63, 3.8) is 0 Å². The highest BCUT2D eigenvalue weighted by Gasteiger charge is 2.18. The van der Waals surface area contributed by atoms with Crippen molar-refractivity contribution in [2.45, 2.75) is 12.8 Å². The van der Waals surface area contributed by atoms with Gasteiger partial charge in [0.2, 0.25) is 0 Å². The molecular weight excluding hydrogens is 216 g/mol. The van der Waals surface area contributed by atoms with Gasteiger partial charge in [-0.3, -0.25) is 9.20 Å². The molecule has 1 N–H and O–H groups in total. The van der Waals surface area contributed by atoms with E-state index in [9.17, 15) is 4.79 Å². The highest BCUT2D eigenvalue weighted by Crippen LogP contribution is 2.15. The zero-order valence-electron chi connectivity index (χ0n) is 9.47. The van der Waals surface area contributed by atoms with Crippen LogP contribution in [0.1, 0.15) is 22.7 Å². The average Bonchev–Trinajstić information content (AvgIpc) is 2.99. The third kappa shape index (κ3) is 1.82. The van der Waals surface area contributed by atoms with Gasteiger partial charge in [-0.15, -0.1) is 10.2 Å². The number of hydrogen-bond donors (Lipinski definition) is 1. The summed E-state index contributed by atoms with van der Waals surface area (Å²) in [7, 11) is 0. The second-order valence-electron chi connectivity index (χ2n) is 4.44. The van der Waals surface area contributed by atoms with E-state index in [2.05, 4.69) is 15.5 Å². The summed E-state index contributed by atoms with van der Waals surface area (Å²) in [6, 6.07) is 5.49. The normalized spacial score (nSPS) is 19.9. The summed E-state index contributed by atoms with van der Waals surface area (Å²) in [5.74, 6) is 1.48. The van der Waals surface area contributed by atoms with Crippen LogP contribution < -0.4 is 5.32 Å². The van der Waals surface area contributed by atoms with Crippen LogP contribution in [0.4, 0.5) is 0 Å². The topological polar surface area (TPSA) is 59.3 Å². The van der Waals surface area contributed by atoms with Crippen LogP contribution in [0, 0.1) is 5.92 Å². The van der Waals surface area contributed by atoms with Gasteiger partial charge in [-0.2, -0.15) is 0 Å². The first kappa shape index (κ1) is 10.4. The molecule has 88 valence electrons. The molecule has 5 nitrogen and oxygen atoms in total. The summed E-state index contributed by atoms with van der Waals surface area (Å²) in [6.45, 7) is 2.10. The van der Waals surface area contributed by atoms with Crippen LogP contribution in [-0.4, -0.2) is 34.0 Å². The van der Waals surface area contributed by atoms with E-state index in [-0.39, 0.29) is 0 Å². The SMILES string of the molecule is O=Cc1cccc2nnc(CC3CCNC3)n12. The predicted octanol–water partition coefficient (Wildman–Crippen LogP) is 0.694. The predicted molar refractivity (Wildman–Crippen MR) is 63.1 cm³/mol. The largest absolute Gasteiger partial charge is 0.316 e. The number of nitrogens with one attached hydrogen (secondary N) is 1. The van der Waals surface area contributed by atoms with Crippen molar-refractivity contribution in [2.24, 2.45) is 5.92 Å². The van der Waals surface area contributed by atoms with E-state index in [1.165, 1.54) is 0 Å². The molecule has 17 heavy (non-hydrogen) atoms. The van der Waals surface area contributed by atoms with Crippen molar-refractivity contribution in [1.29, 1.82) is 0 Å².